The second-order valence-corrected chi connectivity index (χ2v) is 3.54. The Labute approximate surface area is 91.3 Å². The highest BCUT2D eigenvalue weighted by molar-refractivity contribution is 5.78. The molecule has 0 aromatic rings. The maximum atomic E-state index is 11.5. The minimum absolute atomic E-state index is 0.0126. The third kappa shape index (κ3) is 6.43. The normalized spacial score (nSPS) is 14.7. The Morgan fingerprint density at radius 2 is 2.13 bits per heavy atom. The lowest BCUT2D eigenvalue weighted by atomic mass is 10.1. The highest BCUT2D eigenvalue weighted by Crippen LogP contribution is 1.99. The number of methoxy groups -OCH3 is 2. The van der Waals surface area contributed by atoms with Crippen molar-refractivity contribution in [2.75, 3.05) is 33.9 Å². The lowest BCUT2D eigenvalue weighted by Crippen LogP contribution is -2.38. The number of hydrogen-bond acceptors (Lipinski definition) is 4. The van der Waals surface area contributed by atoms with Gasteiger partial charge in [-0.15, -0.1) is 0 Å². The number of hydrogen-bond donors (Lipinski definition) is 2. The van der Waals surface area contributed by atoms with Crippen molar-refractivity contribution in [1.82, 2.24) is 5.32 Å². The third-order valence-corrected chi connectivity index (χ3v) is 2.24. The Balaban J connectivity index is 3.76. The van der Waals surface area contributed by atoms with Crippen LogP contribution in [0.5, 0.6) is 0 Å². The van der Waals surface area contributed by atoms with Crippen molar-refractivity contribution in [3.63, 3.8) is 0 Å². The molecule has 0 fully saturated rings. The largest absolute Gasteiger partial charge is 0.382 e. The van der Waals surface area contributed by atoms with Crippen LogP contribution in [0, 0.1) is 5.92 Å². The van der Waals surface area contributed by atoms with Crippen LogP contribution in [0.25, 0.3) is 0 Å². The summed E-state index contributed by atoms with van der Waals surface area (Å²) in [6, 6.07) is 0. The molecule has 90 valence electrons. The molecule has 0 saturated heterocycles. The third-order valence-electron chi connectivity index (χ3n) is 2.24. The average molecular weight is 218 g/mol. The van der Waals surface area contributed by atoms with Gasteiger partial charge < -0.3 is 20.5 Å². The average Bonchev–Trinajstić information content (AvgIpc) is 2.24. The van der Waals surface area contributed by atoms with Crippen molar-refractivity contribution in [2.24, 2.45) is 11.7 Å². The van der Waals surface area contributed by atoms with Crippen LogP contribution in [-0.2, 0) is 14.3 Å². The van der Waals surface area contributed by atoms with Crippen molar-refractivity contribution in [1.29, 1.82) is 0 Å². The number of nitrogens with one attached hydrogen (secondary N) is 1. The smallest absolute Gasteiger partial charge is 0.222 e. The maximum absolute atomic E-state index is 11.5. The fourth-order valence-corrected chi connectivity index (χ4v) is 1.17. The molecule has 0 aliphatic heterocycles. The molecule has 1 amide bonds. The number of ether oxygens (including phenoxy) is 2. The van der Waals surface area contributed by atoms with E-state index in [-0.39, 0.29) is 17.9 Å². The molecule has 0 rings (SSSR count). The Bertz CT molecular complexity index is 176. The van der Waals surface area contributed by atoms with Gasteiger partial charge in [0.15, 0.2) is 0 Å². The van der Waals surface area contributed by atoms with E-state index in [4.69, 9.17) is 15.2 Å². The van der Waals surface area contributed by atoms with E-state index < -0.39 is 0 Å². The molecule has 0 saturated carbocycles. The number of nitrogens with two attached hydrogens (primary N) is 1. The van der Waals surface area contributed by atoms with Gasteiger partial charge in [0.1, 0.15) is 0 Å². The molecule has 15 heavy (non-hydrogen) atoms. The molecule has 0 spiro atoms. The zero-order valence-corrected chi connectivity index (χ0v) is 9.79. The molecule has 0 aromatic heterocycles. The fraction of sp³-hybridized carbons (Fsp3) is 0.900. The number of carbonyl (C=O) groups is 1. The molecule has 2 unspecified atom stereocenters. The summed E-state index contributed by atoms with van der Waals surface area (Å²) in [6.45, 7) is 3.33. The summed E-state index contributed by atoms with van der Waals surface area (Å²) in [5.41, 5.74) is 5.37. The number of rotatable bonds is 8. The van der Waals surface area contributed by atoms with Crippen LogP contribution >= 0.6 is 0 Å². The van der Waals surface area contributed by atoms with Crippen LogP contribution in [-0.4, -0.2) is 45.9 Å². The second kappa shape index (κ2) is 8.64. The van der Waals surface area contributed by atoms with Crippen LogP contribution in [0.4, 0.5) is 0 Å². The molecule has 2 atom stereocenters. The van der Waals surface area contributed by atoms with Crippen LogP contribution in [0.2, 0.25) is 0 Å². The molecule has 0 radical (unpaired) electrons. The molecule has 0 bridgehead atoms. The van der Waals surface area contributed by atoms with Crippen LogP contribution in [0.15, 0.2) is 0 Å². The summed E-state index contributed by atoms with van der Waals surface area (Å²) >= 11 is 0. The molecular formula is C10H22N2O3. The lowest BCUT2D eigenvalue weighted by molar-refractivity contribution is -0.125. The van der Waals surface area contributed by atoms with E-state index in [1.165, 1.54) is 0 Å². The van der Waals surface area contributed by atoms with E-state index in [1.807, 2.05) is 6.92 Å². The van der Waals surface area contributed by atoms with Gasteiger partial charge in [-0.3, -0.25) is 4.79 Å². The van der Waals surface area contributed by atoms with Crippen molar-refractivity contribution >= 4 is 5.91 Å². The zero-order valence-electron chi connectivity index (χ0n) is 9.79. The van der Waals surface area contributed by atoms with Crippen LogP contribution in [0.3, 0.4) is 0 Å². The molecule has 3 N–H and O–H groups in total. The first-order valence-corrected chi connectivity index (χ1v) is 5.15. The minimum atomic E-state index is -0.0935. The van der Waals surface area contributed by atoms with Crippen LogP contribution < -0.4 is 11.1 Å². The van der Waals surface area contributed by atoms with Gasteiger partial charge in [0.05, 0.1) is 12.7 Å². The molecule has 5 heteroatoms. The predicted octanol–water partition coefficient (Wildman–Crippen LogP) is -0.251. The summed E-state index contributed by atoms with van der Waals surface area (Å²) in [5.74, 6) is -0.0337. The van der Waals surface area contributed by atoms with Gasteiger partial charge in [0.2, 0.25) is 5.91 Å². The molecule has 0 aromatic carbocycles. The first kappa shape index (κ1) is 14.3. The molecule has 0 heterocycles. The quantitative estimate of drug-likeness (QED) is 0.589. The molecule has 0 aliphatic rings. The standard InChI is InChI=1S/C10H22N2O3/c1-8(4-5-11)10(13)12-6-9(15-3)7-14-2/h8-9H,4-7,11H2,1-3H3,(H,12,13). The summed E-state index contributed by atoms with van der Waals surface area (Å²) in [6.07, 6.45) is 0.609. The minimum Gasteiger partial charge on any atom is -0.382 e. The van der Waals surface area contributed by atoms with Gasteiger partial charge in [-0.05, 0) is 13.0 Å². The molecule has 5 nitrogen and oxygen atoms in total. The Morgan fingerprint density at radius 3 is 2.60 bits per heavy atom. The number of amides is 1. The van der Waals surface area contributed by atoms with E-state index in [1.54, 1.807) is 14.2 Å². The summed E-state index contributed by atoms with van der Waals surface area (Å²) in [4.78, 5) is 11.5. The number of carbonyl (C=O) groups excluding carboxylic acids is 1. The van der Waals surface area contributed by atoms with Crippen molar-refractivity contribution in [3.05, 3.63) is 0 Å². The predicted molar refractivity (Wildman–Crippen MR) is 58.5 cm³/mol. The van der Waals surface area contributed by atoms with Crippen molar-refractivity contribution in [2.45, 2.75) is 19.4 Å². The Morgan fingerprint density at radius 1 is 1.47 bits per heavy atom. The van der Waals surface area contributed by atoms with Crippen molar-refractivity contribution in [3.8, 4) is 0 Å². The first-order chi connectivity index (χ1) is 7.15. The van der Waals surface area contributed by atoms with Gasteiger partial charge in [-0.2, -0.15) is 0 Å². The van der Waals surface area contributed by atoms with Crippen LogP contribution in [0.1, 0.15) is 13.3 Å². The Kier molecular flexibility index (Phi) is 8.27. The zero-order chi connectivity index (χ0) is 11.7. The highest BCUT2D eigenvalue weighted by atomic mass is 16.5. The monoisotopic (exact) mass is 218 g/mol. The van der Waals surface area contributed by atoms with Gasteiger partial charge in [0.25, 0.3) is 0 Å². The lowest BCUT2D eigenvalue weighted by Gasteiger charge is -2.17. The van der Waals surface area contributed by atoms with E-state index in [2.05, 4.69) is 5.32 Å². The van der Waals surface area contributed by atoms with Gasteiger partial charge >= 0.3 is 0 Å². The summed E-state index contributed by atoms with van der Waals surface area (Å²) in [5, 5.41) is 2.80. The first-order valence-electron chi connectivity index (χ1n) is 5.15. The van der Waals surface area contributed by atoms with E-state index in [0.29, 0.717) is 26.1 Å². The SMILES string of the molecule is COCC(CNC(=O)C(C)CCN)OC. The summed E-state index contributed by atoms with van der Waals surface area (Å²) < 4.78 is 10.1. The molecular weight excluding hydrogens is 196 g/mol. The van der Waals surface area contributed by atoms with E-state index >= 15 is 0 Å². The van der Waals surface area contributed by atoms with Gasteiger partial charge in [-0.1, -0.05) is 6.92 Å². The van der Waals surface area contributed by atoms with Gasteiger partial charge in [-0.25, -0.2) is 0 Å². The second-order valence-electron chi connectivity index (χ2n) is 3.54. The topological polar surface area (TPSA) is 73.6 Å². The van der Waals surface area contributed by atoms with Gasteiger partial charge in [0, 0.05) is 26.7 Å². The Hall–Kier alpha value is -0.650. The fourth-order valence-electron chi connectivity index (χ4n) is 1.17. The van der Waals surface area contributed by atoms with E-state index in [0.717, 1.165) is 0 Å². The maximum Gasteiger partial charge on any atom is 0.222 e. The molecule has 0 aliphatic carbocycles. The van der Waals surface area contributed by atoms with E-state index in [9.17, 15) is 4.79 Å². The summed E-state index contributed by atoms with van der Waals surface area (Å²) in [7, 11) is 3.20. The van der Waals surface area contributed by atoms with Crippen molar-refractivity contribution < 1.29 is 14.3 Å². The highest BCUT2D eigenvalue weighted by Gasteiger charge is 2.14.